The van der Waals surface area contributed by atoms with Crippen LogP contribution in [0, 0.1) is 23.0 Å². The van der Waals surface area contributed by atoms with Gasteiger partial charge in [0, 0.05) is 11.6 Å². The summed E-state index contributed by atoms with van der Waals surface area (Å²) < 4.78 is 0. The molecule has 1 aliphatic heterocycles. The van der Waals surface area contributed by atoms with Crippen molar-refractivity contribution in [2.45, 2.75) is 13.3 Å². The Morgan fingerprint density at radius 1 is 1.53 bits per heavy atom. The van der Waals surface area contributed by atoms with Gasteiger partial charge < -0.3 is 5.32 Å². The van der Waals surface area contributed by atoms with Gasteiger partial charge in [0.1, 0.15) is 0 Å². The zero-order valence-corrected chi connectivity index (χ0v) is 8.69. The highest BCUT2D eigenvalue weighted by Gasteiger charge is 2.23. The minimum Gasteiger partial charge on any atom is -0.316 e. The third-order valence-corrected chi connectivity index (χ3v) is 2.94. The van der Waals surface area contributed by atoms with Crippen LogP contribution in [-0.4, -0.2) is 18.0 Å². The zero-order chi connectivity index (χ0) is 10.8. The fraction of sp³-hybridized carbons (Fsp3) is 0.455. The highest BCUT2D eigenvalue weighted by Crippen LogP contribution is 2.25. The first-order valence-corrected chi connectivity index (χ1v) is 5.12. The lowest BCUT2D eigenvalue weighted by atomic mass is 9.91. The molecule has 0 aliphatic carbocycles. The smallest absolute Gasteiger partial charge is 0.272 e. The Kier molecular flexibility index (Phi) is 2.68. The number of hydrogen-bond acceptors (Lipinski definition) is 3. The van der Waals surface area contributed by atoms with Gasteiger partial charge in [0.15, 0.2) is 0 Å². The number of nitrogens with zero attached hydrogens (tertiary/aromatic N) is 1. The highest BCUT2D eigenvalue weighted by atomic mass is 16.6. The third-order valence-electron chi connectivity index (χ3n) is 2.94. The Balaban J connectivity index is 2.29. The minimum absolute atomic E-state index is 0.266. The van der Waals surface area contributed by atoms with Crippen molar-refractivity contribution in [1.29, 1.82) is 0 Å². The fourth-order valence-electron chi connectivity index (χ4n) is 1.90. The lowest BCUT2D eigenvalue weighted by Crippen LogP contribution is -2.43. The molecule has 1 aliphatic rings. The molecule has 15 heavy (non-hydrogen) atoms. The topological polar surface area (TPSA) is 55.2 Å². The highest BCUT2D eigenvalue weighted by molar-refractivity contribution is 5.45. The fourth-order valence-corrected chi connectivity index (χ4v) is 1.90. The van der Waals surface area contributed by atoms with Crippen molar-refractivity contribution in [3.05, 3.63) is 39.4 Å². The van der Waals surface area contributed by atoms with Crippen LogP contribution in [0.5, 0.6) is 0 Å². The molecule has 0 atom stereocenters. The van der Waals surface area contributed by atoms with Gasteiger partial charge in [0.2, 0.25) is 0 Å². The summed E-state index contributed by atoms with van der Waals surface area (Å²) in [5, 5.41) is 14.0. The lowest BCUT2D eigenvalue weighted by Gasteiger charge is -2.27. The van der Waals surface area contributed by atoms with Crippen molar-refractivity contribution in [2.24, 2.45) is 5.92 Å². The molecule has 4 heteroatoms. The van der Waals surface area contributed by atoms with E-state index >= 15 is 0 Å². The second-order valence-electron chi connectivity index (χ2n) is 4.06. The van der Waals surface area contributed by atoms with E-state index in [1.54, 1.807) is 12.1 Å². The molecule has 0 radical (unpaired) electrons. The van der Waals surface area contributed by atoms with Crippen LogP contribution in [0.15, 0.2) is 18.2 Å². The summed E-state index contributed by atoms with van der Waals surface area (Å²) in [5.74, 6) is 0.560. The number of nitro benzene ring substituents is 1. The Bertz CT molecular complexity index is 386. The van der Waals surface area contributed by atoms with Crippen LogP contribution in [0.1, 0.15) is 11.1 Å². The van der Waals surface area contributed by atoms with Crippen LogP contribution in [0.4, 0.5) is 5.69 Å². The van der Waals surface area contributed by atoms with Gasteiger partial charge in [0.05, 0.1) is 4.92 Å². The average molecular weight is 206 g/mol. The monoisotopic (exact) mass is 206 g/mol. The van der Waals surface area contributed by atoms with E-state index in [1.807, 2.05) is 13.0 Å². The number of rotatable bonds is 3. The van der Waals surface area contributed by atoms with Gasteiger partial charge >= 0.3 is 0 Å². The van der Waals surface area contributed by atoms with Crippen LogP contribution >= 0.6 is 0 Å². The maximum atomic E-state index is 10.9. The van der Waals surface area contributed by atoms with E-state index in [1.165, 1.54) is 0 Å². The van der Waals surface area contributed by atoms with Crippen molar-refractivity contribution in [2.75, 3.05) is 13.1 Å². The zero-order valence-electron chi connectivity index (χ0n) is 8.69. The van der Waals surface area contributed by atoms with Crippen LogP contribution in [0.25, 0.3) is 0 Å². The van der Waals surface area contributed by atoms with Crippen LogP contribution < -0.4 is 5.32 Å². The Morgan fingerprint density at radius 2 is 2.27 bits per heavy atom. The first kappa shape index (κ1) is 10.1. The van der Waals surface area contributed by atoms with E-state index < -0.39 is 0 Å². The molecule has 4 nitrogen and oxygen atoms in total. The SMILES string of the molecule is Cc1cccc([N+](=O)[O-])c1CC1CNC1. The molecular weight excluding hydrogens is 192 g/mol. The van der Waals surface area contributed by atoms with Crippen molar-refractivity contribution in [3.63, 3.8) is 0 Å². The largest absolute Gasteiger partial charge is 0.316 e. The van der Waals surface area contributed by atoms with Gasteiger partial charge in [-0.05, 0) is 37.9 Å². The van der Waals surface area contributed by atoms with Gasteiger partial charge in [-0.3, -0.25) is 10.1 Å². The van der Waals surface area contributed by atoms with E-state index in [0.29, 0.717) is 5.92 Å². The van der Waals surface area contributed by atoms with Gasteiger partial charge in [-0.25, -0.2) is 0 Å². The number of aryl methyl sites for hydroxylation is 1. The maximum absolute atomic E-state index is 10.9. The summed E-state index contributed by atoms with van der Waals surface area (Å²) in [4.78, 5) is 10.6. The molecule has 0 saturated carbocycles. The molecule has 1 heterocycles. The number of nitro groups is 1. The first-order valence-electron chi connectivity index (χ1n) is 5.12. The molecule has 1 fully saturated rings. The van der Waals surface area contributed by atoms with E-state index in [-0.39, 0.29) is 10.6 Å². The lowest BCUT2D eigenvalue weighted by molar-refractivity contribution is -0.385. The van der Waals surface area contributed by atoms with E-state index in [9.17, 15) is 10.1 Å². The predicted molar refractivity (Wildman–Crippen MR) is 57.9 cm³/mol. The summed E-state index contributed by atoms with van der Waals surface area (Å²) in [6.45, 7) is 3.89. The molecule has 1 N–H and O–H groups in total. The second-order valence-corrected chi connectivity index (χ2v) is 4.06. The summed E-state index contributed by atoms with van der Waals surface area (Å²) in [6, 6.07) is 5.28. The molecule has 1 aromatic carbocycles. The van der Waals surface area contributed by atoms with Gasteiger partial charge in [-0.2, -0.15) is 0 Å². The van der Waals surface area contributed by atoms with E-state index in [4.69, 9.17) is 0 Å². The van der Waals surface area contributed by atoms with Crippen molar-refractivity contribution in [1.82, 2.24) is 5.32 Å². The summed E-state index contributed by atoms with van der Waals surface area (Å²) >= 11 is 0. The van der Waals surface area contributed by atoms with Crippen LogP contribution in [-0.2, 0) is 6.42 Å². The third kappa shape index (κ3) is 1.99. The normalized spacial score (nSPS) is 16.1. The molecule has 0 bridgehead atoms. The van der Waals surface area contributed by atoms with Gasteiger partial charge in [0.25, 0.3) is 5.69 Å². The molecule has 0 amide bonds. The Labute approximate surface area is 88.5 Å². The molecule has 0 spiro atoms. The van der Waals surface area contributed by atoms with Crippen molar-refractivity contribution < 1.29 is 4.92 Å². The Hall–Kier alpha value is -1.42. The quantitative estimate of drug-likeness (QED) is 0.604. The Morgan fingerprint density at radius 3 is 2.80 bits per heavy atom. The summed E-state index contributed by atoms with van der Waals surface area (Å²) in [6.07, 6.45) is 0.815. The van der Waals surface area contributed by atoms with Crippen molar-refractivity contribution in [3.8, 4) is 0 Å². The standard InChI is InChI=1S/C11H14N2O2/c1-8-3-2-4-11(13(14)15)10(8)5-9-6-12-7-9/h2-4,9,12H,5-7H2,1H3. The number of hydrogen-bond donors (Lipinski definition) is 1. The maximum Gasteiger partial charge on any atom is 0.272 e. The molecule has 0 aromatic heterocycles. The predicted octanol–water partition coefficient (Wildman–Crippen LogP) is 1.67. The van der Waals surface area contributed by atoms with Crippen LogP contribution in [0.3, 0.4) is 0 Å². The van der Waals surface area contributed by atoms with Gasteiger partial charge in [-0.15, -0.1) is 0 Å². The van der Waals surface area contributed by atoms with E-state index in [0.717, 1.165) is 30.6 Å². The number of benzene rings is 1. The molecule has 1 saturated heterocycles. The molecule has 80 valence electrons. The van der Waals surface area contributed by atoms with Gasteiger partial charge in [-0.1, -0.05) is 12.1 Å². The van der Waals surface area contributed by atoms with Crippen molar-refractivity contribution >= 4 is 5.69 Å². The number of nitrogens with one attached hydrogen (secondary N) is 1. The second kappa shape index (κ2) is 3.98. The molecule has 0 unspecified atom stereocenters. The molecule has 2 rings (SSSR count). The summed E-state index contributed by atoms with van der Waals surface area (Å²) in [7, 11) is 0. The van der Waals surface area contributed by atoms with E-state index in [2.05, 4.69) is 5.32 Å². The minimum atomic E-state index is -0.283. The summed E-state index contributed by atoms with van der Waals surface area (Å²) in [5.41, 5.74) is 2.19. The molecular formula is C11H14N2O2. The van der Waals surface area contributed by atoms with Crippen LogP contribution in [0.2, 0.25) is 0 Å². The molecule has 1 aromatic rings. The first-order chi connectivity index (χ1) is 7.18. The average Bonchev–Trinajstić information content (AvgIpc) is 2.12.